The highest BCUT2D eigenvalue weighted by Crippen LogP contribution is 2.51. The number of hydrogen-bond donors (Lipinski definition) is 2. The Kier molecular flexibility index (Phi) is 5.07. The molecule has 0 spiro atoms. The second-order valence-electron chi connectivity index (χ2n) is 10.5. The van der Waals surface area contributed by atoms with Gasteiger partial charge in [0.2, 0.25) is 5.91 Å². The van der Waals surface area contributed by atoms with Gasteiger partial charge in [-0.05, 0) is 56.2 Å². The fourth-order valence-electron chi connectivity index (χ4n) is 6.26. The molecule has 36 heavy (non-hydrogen) atoms. The molecule has 7 rings (SSSR count). The number of fused-ring (bicyclic) bond motifs is 3. The van der Waals surface area contributed by atoms with E-state index in [9.17, 15) is 10.1 Å². The molecule has 182 valence electrons. The van der Waals surface area contributed by atoms with Crippen molar-refractivity contribution in [1.29, 1.82) is 5.26 Å². The molecule has 3 aliphatic carbocycles. The average molecular weight is 481 g/mol. The van der Waals surface area contributed by atoms with Crippen LogP contribution >= 0.6 is 0 Å². The lowest BCUT2D eigenvalue weighted by Gasteiger charge is -2.56. The summed E-state index contributed by atoms with van der Waals surface area (Å²) < 4.78 is 3.52. The van der Waals surface area contributed by atoms with E-state index < -0.39 is 0 Å². The summed E-state index contributed by atoms with van der Waals surface area (Å²) >= 11 is 0. The number of nitrogens with zero attached hydrogens (tertiary/aromatic N) is 6. The zero-order chi connectivity index (χ0) is 25.0. The third-order valence-corrected chi connectivity index (χ3v) is 7.68. The van der Waals surface area contributed by atoms with Crippen LogP contribution in [0.4, 0.5) is 5.82 Å². The second-order valence-corrected chi connectivity index (χ2v) is 10.5. The highest BCUT2D eigenvalue weighted by molar-refractivity contribution is 5.87. The highest BCUT2D eigenvalue weighted by atomic mass is 16.1. The molecule has 3 fully saturated rings. The summed E-state index contributed by atoms with van der Waals surface area (Å²) in [7, 11) is 1.89. The monoisotopic (exact) mass is 480 g/mol. The second kappa shape index (κ2) is 8.19. The number of hydrogen-bond acceptors (Lipinski definition) is 6. The Morgan fingerprint density at radius 2 is 1.92 bits per heavy atom. The van der Waals surface area contributed by atoms with Gasteiger partial charge >= 0.3 is 0 Å². The van der Waals surface area contributed by atoms with Crippen molar-refractivity contribution in [2.45, 2.75) is 44.7 Å². The Labute approximate surface area is 209 Å². The summed E-state index contributed by atoms with van der Waals surface area (Å²) in [4.78, 5) is 16.3. The normalized spacial score (nSPS) is 24.7. The first-order chi connectivity index (χ1) is 17.3. The molecule has 2 unspecified atom stereocenters. The van der Waals surface area contributed by atoms with Crippen molar-refractivity contribution in [3.63, 3.8) is 0 Å². The van der Waals surface area contributed by atoms with Crippen molar-refractivity contribution >= 4 is 17.2 Å². The lowest BCUT2D eigenvalue weighted by Crippen LogP contribution is -2.62. The summed E-state index contributed by atoms with van der Waals surface area (Å²) in [5.74, 6) is 1.95. The zero-order valence-corrected chi connectivity index (χ0v) is 20.6. The van der Waals surface area contributed by atoms with E-state index in [0.717, 1.165) is 46.4 Å². The Balaban J connectivity index is 1.27. The topological polar surface area (TPSA) is 113 Å². The molecule has 0 saturated heterocycles. The van der Waals surface area contributed by atoms with Crippen molar-refractivity contribution in [1.82, 2.24) is 29.7 Å². The minimum atomic E-state index is -0.108. The maximum atomic E-state index is 11.6. The molecule has 2 bridgehead atoms. The first kappa shape index (κ1) is 22.3. The van der Waals surface area contributed by atoms with E-state index in [2.05, 4.69) is 39.9 Å². The van der Waals surface area contributed by atoms with Crippen molar-refractivity contribution in [2.75, 3.05) is 5.32 Å². The SMILES string of the molecule is CC(=O)NC1(C)CC2CC(C1)C2Nc1ccc(-c2cc(-c3cnn(C)c3)cn3ncc(C#N)c23)cn1. The maximum absolute atomic E-state index is 11.6. The molecule has 1 amide bonds. The van der Waals surface area contributed by atoms with Gasteiger partial charge in [-0.1, -0.05) is 0 Å². The number of aromatic nitrogens is 5. The zero-order valence-electron chi connectivity index (χ0n) is 20.6. The van der Waals surface area contributed by atoms with Crippen molar-refractivity contribution < 1.29 is 4.79 Å². The van der Waals surface area contributed by atoms with Crippen LogP contribution in [-0.2, 0) is 11.8 Å². The molecule has 3 saturated carbocycles. The van der Waals surface area contributed by atoms with Gasteiger partial charge in [0.25, 0.3) is 0 Å². The minimum absolute atomic E-state index is 0.0417. The van der Waals surface area contributed by atoms with Crippen LogP contribution in [0.1, 0.15) is 38.7 Å². The van der Waals surface area contributed by atoms with Crippen LogP contribution in [0.5, 0.6) is 0 Å². The van der Waals surface area contributed by atoms with E-state index in [1.165, 1.54) is 6.42 Å². The molecule has 0 radical (unpaired) electrons. The van der Waals surface area contributed by atoms with E-state index in [1.807, 2.05) is 44.0 Å². The third kappa shape index (κ3) is 3.79. The molecule has 0 aliphatic heterocycles. The first-order valence-corrected chi connectivity index (χ1v) is 12.2. The molecule has 4 aromatic heterocycles. The van der Waals surface area contributed by atoms with Crippen LogP contribution in [0, 0.1) is 23.2 Å². The number of amides is 1. The number of carbonyl (C=O) groups excluding carboxylic acids is 1. The van der Waals surface area contributed by atoms with E-state index >= 15 is 0 Å². The Morgan fingerprint density at radius 1 is 1.11 bits per heavy atom. The van der Waals surface area contributed by atoms with Crippen LogP contribution in [0.3, 0.4) is 0 Å². The van der Waals surface area contributed by atoms with Gasteiger partial charge in [-0.2, -0.15) is 15.5 Å². The Hall–Kier alpha value is -4.19. The number of pyridine rings is 2. The lowest BCUT2D eigenvalue weighted by atomic mass is 9.55. The maximum Gasteiger partial charge on any atom is 0.217 e. The Morgan fingerprint density at radius 3 is 2.56 bits per heavy atom. The first-order valence-electron chi connectivity index (χ1n) is 12.2. The fourth-order valence-corrected chi connectivity index (χ4v) is 6.26. The van der Waals surface area contributed by atoms with Crippen LogP contribution < -0.4 is 10.6 Å². The summed E-state index contributed by atoms with van der Waals surface area (Å²) in [5, 5.41) is 25.2. The van der Waals surface area contributed by atoms with Gasteiger partial charge in [0, 0.05) is 66.4 Å². The number of nitriles is 1. The largest absolute Gasteiger partial charge is 0.367 e. The number of aryl methyl sites for hydroxylation is 1. The van der Waals surface area contributed by atoms with Crippen molar-refractivity contribution in [2.24, 2.45) is 18.9 Å². The molecular formula is C27H28N8O. The van der Waals surface area contributed by atoms with Gasteiger partial charge in [-0.3, -0.25) is 9.48 Å². The standard InChI is InChI=1S/C27H28N8O/c1-16(36)33-27(2)8-18-6-19(9-27)25(18)32-24-5-4-17(11-29-24)23-7-20(22-13-30-34(3)14-22)15-35-26(23)21(10-28)12-31-35/h4-5,7,11-15,18-19,25H,6,8-9H2,1-3H3,(H,29,32)(H,33,36). The molecule has 4 heterocycles. The van der Waals surface area contributed by atoms with E-state index in [4.69, 9.17) is 4.98 Å². The molecule has 9 heteroatoms. The predicted molar refractivity (Wildman–Crippen MR) is 136 cm³/mol. The quantitative estimate of drug-likeness (QED) is 0.450. The molecular weight excluding hydrogens is 452 g/mol. The van der Waals surface area contributed by atoms with Crippen LogP contribution in [0.2, 0.25) is 0 Å². The minimum Gasteiger partial charge on any atom is -0.367 e. The van der Waals surface area contributed by atoms with Gasteiger partial charge < -0.3 is 10.6 Å². The summed E-state index contributed by atoms with van der Waals surface area (Å²) in [6, 6.07) is 8.76. The number of rotatable bonds is 5. The summed E-state index contributed by atoms with van der Waals surface area (Å²) in [6.45, 7) is 3.75. The molecule has 2 N–H and O–H groups in total. The van der Waals surface area contributed by atoms with Gasteiger partial charge in [0.15, 0.2) is 0 Å². The van der Waals surface area contributed by atoms with Gasteiger partial charge in [-0.15, -0.1) is 0 Å². The van der Waals surface area contributed by atoms with Crippen LogP contribution in [0.15, 0.2) is 49.2 Å². The Bertz CT molecular complexity index is 1500. The van der Waals surface area contributed by atoms with Gasteiger partial charge in [-0.25, -0.2) is 9.50 Å². The number of anilines is 1. The van der Waals surface area contributed by atoms with Crippen molar-refractivity contribution in [3.8, 4) is 28.3 Å². The van der Waals surface area contributed by atoms with E-state index in [1.54, 1.807) is 22.3 Å². The fraction of sp³-hybridized carbons (Fsp3) is 0.370. The molecule has 9 nitrogen and oxygen atoms in total. The number of nitrogens with one attached hydrogen (secondary N) is 2. The van der Waals surface area contributed by atoms with Crippen molar-refractivity contribution in [3.05, 3.63) is 54.7 Å². The third-order valence-electron chi connectivity index (χ3n) is 7.68. The predicted octanol–water partition coefficient (Wildman–Crippen LogP) is 3.77. The van der Waals surface area contributed by atoms with Gasteiger partial charge in [0.05, 0.1) is 23.5 Å². The van der Waals surface area contributed by atoms with Crippen LogP contribution in [0.25, 0.3) is 27.8 Å². The van der Waals surface area contributed by atoms with Gasteiger partial charge in [0.1, 0.15) is 11.9 Å². The molecule has 0 aromatic carbocycles. The number of carbonyl (C=O) groups is 1. The smallest absolute Gasteiger partial charge is 0.217 e. The average Bonchev–Trinajstić information content (AvgIpc) is 3.47. The summed E-state index contributed by atoms with van der Waals surface area (Å²) in [6.07, 6.45) is 12.3. The van der Waals surface area contributed by atoms with Crippen LogP contribution in [-0.4, -0.2) is 41.9 Å². The molecule has 3 aliphatic rings. The summed E-state index contributed by atoms with van der Waals surface area (Å²) in [5.41, 5.74) is 4.93. The van der Waals surface area contributed by atoms with E-state index in [-0.39, 0.29) is 11.4 Å². The van der Waals surface area contributed by atoms with E-state index in [0.29, 0.717) is 23.4 Å². The highest BCUT2D eigenvalue weighted by Gasteiger charge is 2.52. The lowest BCUT2D eigenvalue weighted by molar-refractivity contribution is -0.122. The molecule has 2 atom stereocenters. The molecule has 4 aromatic rings.